The van der Waals surface area contributed by atoms with Gasteiger partial charge in [0.2, 0.25) is 5.88 Å². The van der Waals surface area contributed by atoms with Crippen LogP contribution >= 0.6 is 0 Å². The second-order valence-electron chi connectivity index (χ2n) is 7.65. The maximum atomic E-state index is 11.1. The van der Waals surface area contributed by atoms with Gasteiger partial charge < -0.3 is 14.7 Å². The standard InChI is InChI=1S/C24H22N4O3/c1-16-2-6-19(7-3-16)22-23(20-8-4-17(12-25)5-9-20)27-21(13-26-22)31-15-18-10-11-28(14-18)24(29)30/h2-9,13,18H,10-11,14-15H2,1H3,(H,29,30)/t18-/m1/s1. The average Bonchev–Trinajstić information content (AvgIpc) is 3.28. The second-order valence-corrected chi connectivity index (χ2v) is 7.65. The molecule has 1 N–H and O–H groups in total. The van der Waals surface area contributed by atoms with E-state index in [4.69, 9.17) is 20.1 Å². The highest BCUT2D eigenvalue weighted by molar-refractivity contribution is 5.78. The zero-order valence-corrected chi connectivity index (χ0v) is 17.2. The van der Waals surface area contributed by atoms with Gasteiger partial charge in [-0.3, -0.25) is 0 Å². The van der Waals surface area contributed by atoms with Crippen molar-refractivity contribution >= 4 is 6.09 Å². The lowest BCUT2D eigenvalue weighted by atomic mass is 10.0. The highest BCUT2D eigenvalue weighted by Crippen LogP contribution is 2.31. The molecular weight excluding hydrogens is 392 g/mol. The summed E-state index contributed by atoms with van der Waals surface area (Å²) in [6, 6.07) is 17.4. The molecule has 1 atom stereocenters. The van der Waals surface area contributed by atoms with E-state index in [2.05, 4.69) is 11.1 Å². The molecule has 2 heterocycles. The lowest BCUT2D eigenvalue weighted by Crippen LogP contribution is -2.27. The average molecular weight is 414 g/mol. The number of carboxylic acid groups (broad SMARTS) is 1. The predicted molar refractivity (Wildman–Crippen MR) is 116 cm³/mol. The molecule has 0 radical (unpaired) electrons. The Hall–Kier alpha value is -3.92. The highest BCUT2D eigenvalue weighted by Gasteiger charge is 2.26. The Morgan fingerprint density at radius 2 is 1.84 bits per heavy atom. The van der Waals surface area contributed by atoms with Crippen LogP contribution in [-0.2, 0) is 0 Å². The number of likely N-dealkylation sites (tertiary alicyclic amines) is 1. The number of aryl methyl sites for hydroxylation is 1. The van der Waals surface area contributed by atoms with Crippen LogP contribution in [0.2, 0.25) is 0 Å². The Bertz CT molecular complexity index is 1120. The molecular formula is C24H22N4O3. The Morgan fingerprint density at radius 3 is 2.48 bits per heavy atom. The molecule has 1 saturated heterocycles. The zero-order valence-electron chi connectivity index (χ0n) is 17.2. The van der Waals surface area contributed by atoms with Crippen molar-refractivity contribution in [3.8, 4) is 34.5 Å². The van der Waals surface area contributed by atoms with Gasteiger partial charge in [-0.05, 0) is 25.5 Å². The zero-order chi connectivity index (χ0) is 21.8. The van der Waals surface area contributed by atoms with E-state index in [-0.39, 0.29) is 5.92 Å². The molecule has 3 aromatic rings. The Morgan fingerprint density at radius 1 is 1.16 bits per heavy atom. The van der Waals surface area contributed by atoms with Crippen LogP contribution in [0.1, 0.15) is 17.5 Å². The summed E-state index contributed by atoms with van der Waals surface area (Å²) in [7, 11) is 0. The van der Waals surface area contributed by atoms with Crippen molar-refractivity contribution in [3.05, 3.63) is 65.9 Å². The van der Waals surface area contributed by atoms with Gasteiger partial charge in [-0.25, -0.2) is 14.8 Å². The molecule has 1 aromatic heterocycles. The van der Waals surface area contributed by atoms with Gasteiger partial charge in [0.25, 0.3) is 0 Å². The number of aromatic nitrogens is 2. The van der Waals surface area contributed by atoms with Crippen LogP contribution in [0.5, 0.6) is 5.88 Å². The largest absolute Gasteiger partial charge is 0.476 e. The van der Waals surface area contributed by atoms with Crippen LogP contribution < -0.4 is 4.74 Å². The fraction of sp³-hybridized carbons (Fsp3) is 0.250. The fourth-order valence-corrected chi connectivity index (χ4v) is 3.61. The monoisotopic (exact) mass is 414 g/mol. The SMILES string of the molecule is Cc1ccc(-c2ncc(OC[C@@H]3CCN(C(=O)O)C3)nc2-c2ccc(C#N)cc2)cc1. The number of carbonyl (C=O) groups is 1. The summed E-state index contributed by atoms with van der Waals surface area (Å²) in [6.45, 7) is 3.40. The van der Waals surface area contributed by atoms with Gasteiger partial charge in [-0.15, -0.1) is 0 Å². The smallest absolute Gasteiger partial charge is 0.407 e. The molecule has 1 amide bonds. The summed E-state index contributed by atoms with van der Waals surface area (Å²) in [5.74, 6) is 0.525. The molecule has 0 aliphatic carbocycles. The Labute approximate surface area is 180 Å². The van der Waals surface area contributed by atoms with Gasteiger partial charge in [0.1, 0.15) is 5.69 Å². The van der Waals surface area contributed by atoms with Crippen molar-refractivity contribution in [1.82, 2.24) is 14.9 Å². The lowest BCUT2D eigenvalue weighted by molar-refractivity contribution is 0.151. The van der Waals surface area contributed by atoms with E-state index in [1.165, 1.54) is 4.90 Å². The summed E-state index contributed by atoms with van der Waals surface area (Å²) in [4.78, 5) is 21.9. The summed E-state index contributed by atoms with van der Waals surface area (Å²) >= 11 is 0. The Balaban J connectivity index is 1.61. The normalized spacial score (nSPS) is 15.5. The van der Waals surface area contributed by atoms with Crippen molar-refractivity contribution in [2.75, 3.05) is 19.7 Å². The maximum absolute atomic E-state index is 11.1. The first-order valence-corrected chi connectivity index (χ1v) is 10.1. The number of hydrogen-bond donors (Lipinski definition) is 1. The van der Waals surface area contributed by atoms with Crippen LogP contribution in [0.3, 0.4) is 0 Å². The maximum Gasteiger partial charge on any atom is 0.407 e. The molecule has 0 saturated carbocycles. The molecule has 0 unspecified atom stereocenters. The number of rotatable bonds is 5. The van der Waals surface area contributed by atoms with Gasteiger partial charge in [-0.2, -0.15) is 5.26 Å². The minimum atomic E-state index is -0.896. The van der Waals surface area contributed by atoms with Crippen molar-refractivity contribution in [2.24, 2.45) is 5.92 Å². The molecule has 1 aliphatic rings. The van der Waals surface area contributed by atoms with Crippen LogP contribution in [0.15, 0.2) is 54.7 Å². The van der Waals surface area contributed by atoms with E-state index >= 15 is 0 Å². The molecule has 0 spiro atoms. The van der Waals surface area contributed by atoms with Gasteiger partial charge >= 0.3 is 6.09 Å². The van der Waals surface area contributed by atoms with Crippen molar-refractivity contribution in [1.29, 1.82) is 5.26 Å². The molecule has 156 valence electrons. The van der Waals surface area contributed by atoms with E-state index in [1.807, 2.05) is 43.3 Å². The van der Waals surface area contributed by atoms with Crippen LogP contribution in [0.4, 0.5) is 4.79 Å². The molecule has 1 aliphatic heterocycles. The van der Waals surface area contributed by atoms with Gasteiger partial charge in [0.15, 0.2) is 0 Å². The van der Waals surface area contributed by atoms with E-state index in [0.29, 0.717) is 36.8 Å². The topological polar surface area (TPSA) is 99.3 Å². The first-order valence-electron chi connectivity index (χ1n) is 10.1. The number of amides is 1. The van der Waals surface area contributed by atoms with E-state index in [9.17, 15) is 4.79 Å². The number of nitrogens with zero attached hydrogens (tertiary/aromatic N) is 4. The van der Waals surface area contributed by atoms with Crippen LogP contribution in [0.25, 0.3) is 22.5 Å². The van der Waals surface area contributed by atoms with Gasteiger partial charge in [0, 0.05) is 30.1 Å². The van der Waals surface area contributed by atoms with E-state index in [0.717, 1.165) is 28.8 Å². The number of nitriles is 1. The summed E-state index contributed by atoms with van der Waals surface area (Å²) < 4.78 is 5.89. The quantitative estimate of drug-likeness (QED) is 0.666. The molecule has 7 heteroatoms. The third-order valence-corrected chi connectivity index (χ3v) is 5.39. The lowest BCUT2D eigenvalue weighted by Gasteiger charge is -2.14. The third kappa shape index (κ3) is 4.64. The summed E-state index contributed by atoms with van der Waals surface area (Å²) in [5, 5.41) is 18.2. The molecule has 7 nitrogen and oxygen atoms in total. The first-order chi connectivity index (χ1) is 15.0. The van der Waals surface area contributed by atoms with Gasteiger partial charge in [0.05, 0.1) is 30.1 Å². The van der Waals surface area contributed by atoms with Crippen LogP contribution in [-0.4, -0.2) is 45.8 Å². The first kappa shape index (κ1) is 20.4. The number of benzene rings is 2. The molecule has 1 fully saturated rings. The molecule has 31 heavy (non-hydrogen) atoms. The molecule has 0 bridgehead atoms. The number of ether oxygens (including phenoxy) is 1. The second kappa shape index (κ2) is 8.84. The minimum Gasteiger partial charge on any atom is -0.476 e. The minimum absolute atomic E-state index is 0.132. The van der Waals surface area contributed by atoms with Gasteiger partial charge in [-0.1, -0.05) is 42.0 Å². The van der Waals surface area contributed by atoms with Crippen LogP contribution in [0, 0.1) is 24.2 Å². The summed E-state index contributed by atoms with van der Waals surface area (Å²) in [5.41, 5.74) is 4.91. The third-order valence-electron chi connectivity index (χ3n) is 5.39. The molecule has 2 aromatic carbocycles. The molecule has 4 rings (SSSR count). The fourth-order valence-electron chi connectivity index (χ4n) is 3.61. The predicted octanol–water partition coefficient (Wildman–Crippen LogP) is 4.37. The van der Waals surface area contributed by atoms with E-state index in [1.54, 1.807) is 18.3 Å². The van der Waals surface area contributed by atoms with E-state index < -0.39 is 6.09 Å². The number of hydrogen-bond acceptors (Lipinski definition) is 5. The van der Waals surface area contributed by atoms with Crippen molar-refractivity contribution < 1.29 is 14.6 Å². The Kier molecular flexibility index (Phi) is 5.80. The van der Waals surface area contributed by atoms with Crippen molar-refractivity contribution in [3.63, 3.8) is 0 Å². The summed E-state index contributed by atoms with van der Waals surface area (Å²) in [6.07, 6.45) is 1.48. The van der Waals surface area contributed by atoms with Crippen molar-refractivity contribution in [2.45, 2.75) is 13.3 Å². The highest BCUT2D eigenvalue weighted by atomic mass is 16.5.